The van der Waals surface area contributed by atoms with Crippen LogP contribution >= 0.6 is 11.3 Å². The number of thiophene rings is 1. The van der Waals surface area contributed by atoms with E-state index >= 15 is 0 Å². The Morgan fingerprint density at radius 1 is 1.13 bits per heavy atom. The SMILES string of the molecule is CCNC(=NCc1ccccc1NS(C)(=O)=O)NCC(O)c1cc2ccccc2s1. The fraction of sp³-hybridized carbons (Fsp3) is 0.286. The van der Waals surface area contributed by atoms with Gasteiger partial charge in [0, 0.05) is 22.7 Å². The molecule has 0 aliphatic carbocycles. The van der Waals surface area contributed by atoms with Crippen LogP contribution in [0.4, 0.5) is 5.69 Å². The van der Waals surface area contributed by atoms with Crippen LogP contribution in [-0.4, -0.2) is 38.8 Å². The number of hydrogen-bond acceptors (Lipinski definition) is 5. The minimum Gasteiger partial charge on any atom is -0.386 e. The van der Waals surface area contributed by atoms with Crippen molar-refractivity contribution in [2.24, 2.45) is 4.99 Å². The predicted molar refractivity (Wildman–Crippen MR) is 125 cm³/mol. The summed E-state index contributed by atoms with van der Waals surface area (Å²) in [5.74, 6) is 0.548. The molecule has 0 spiro atoms. The maximum atomic E-state index is 11.6. The Morgan fingerprint density at radius 3 is 2.60 bits per heavy atom. The van der Waals surface area contributed by atoms with Gasteiger partial charge in [0.2, 0.25) is 10.0 Å². The van der Waals surface area contributed by atoms with E-state index < -0.39 is 16.1 Å². The van der Waals surface area contributed by atoms with Crippen molar-refractivity contribution in [3.63, 3.8) is 0 Å². The smallest absolute Gasteiger partial charge is 0.229 e. The molecule has 160 valence electrons. The van der Waals surface area contributed by atoms with Crippen LogP contribution in [0.15, 0.2) is 59.6 Å². The number of para-hydroxylation sites is 1. The quantitative estimate of drug-likeness (QED) is 0.315. The Hall–Kier alpha value is -2.62. The Labute approximate surface area is 180 Å². The predicted octanol–water partition coefficient (Wildman–Crippen LogP) is 3.06. The zero-order chi connectivity index (χ0) is 21.6. The highest BCUT2D eigenvalue weighted by Gasteiger charge is 2.12. The standard InChI is InChI=1S/C21H26N4O3S2/c1-3-22-21(23-13-16-9-4-6-10-17(16)25-30(2,27)28)24-14-18(26)20-12-15-8-5-7-11-19(15)29-20/h4-12,18,25-26H,3,13-14H2,1-2H3,(H2,22,23,24). The summed E-state index contributed by atoms with van der Waals surface area (Å²) in [7, 11) is -3.37. The van der Waals surface area contributed by atoms with E-state index in [2.05, 4.69) is 20.3 Å². The molecule has 30 heavy (non-hydrogen) atoms. The number of nitrogens with zero attached hydrogens (tertiary/aromatic N) is 1. The average molecular weight is 447 g/mol. The molecule has 3 aromatic rings. The number of rotatable bonds is 8. The summed E-state index contributed by atoms with van der Waals surface area (Å²) in [4.78, 5) is 5.43. The number of anilines is 1. The van der Waals surface area contributed by atoms with Crippen LogP contribution in [0.3, 0.4) is 0 Å². The molecule has 1 unspecified atom stereocenters. The van der Waals surface area contributed by atoms with Gasteiger partial charge in [-0.25, -0.2) is 13.4 Å². The van der Waals surface area contributed by atoms with E-state index in [9.17, 15) is 13.5 Å². The number of nitrogens with one attached hydrogen (secondary N) is 3. The van der Waals surface area contributed by atoms with Gasteiger partial charge in [-0.15, -0.1) is 11.3 Å². The molecular formula is C21H26N4O3S2. The molecule has 0 aliphatic heterocycles. The Balaban J connectivity index is 1.67. The van der Waals surface area contributed by atoms with E-state index in [1.807, 2.05) is 49.4 Å². The zero-order valence-corrected chi connectivity index (χ0v) is 18.6. The summed E-state index contributed by atoms with van der Waals surface area (Å²) in [5.41, 5.74) is 1.26. The molecule has 3 rings (SSSR count). The highest BCUT2D eigenvalue weighted by Crippen LogP contribution is 2.29. The minimum absolute atomic E-state index is 0.285. The van der Waals surface area contributed by atoms with Crippen molar-refractivity contribution >= 4 is 43.1 Å². The number of benzene rings is 2. The first-order valence-electron chi connectivity index (χ1n) is 9.60. The second-order valence-corrected chi connectivity index (χ2v) is 9.67. The van der Waals surface area contributed by atoms with Crippen LogP contribution in [0.2, 0.25) is 0 Å². The molecule has 9 heteroatoms. The summed E-state index contributed by atoms with van der Waals surface area (Å²) >= 11 is 1.57. The van der Waals surface area contributed by atoms with Crippen LogP contribution in [0.1, 0.15) is 23.5 Å². The zero-order valence-electron chi connectivity index (χ0n) is 16.9. The van der Waals surface area contributed by atoms with Gasteiger partial charge in [-0.2, -0.15) is 0 Å². The van der Waals surface area contributed by atoms with E-state index in [1.165, 1.54) is 0 Å². The van der Waals surface area contributed by atoms with E-state index in [0.29, 0.717) is 24.7 Å². The number of fused-ring (bicyclic) bond motifs is 1. The van der Waals surface area contributed by atoms with Crippen molar-refractivity contribution in [2.45, 2.75) is 19.6 Å². The average Bonchev–Trinajstić information content (AvgIpc) is 3.14. The summed E-state index contributed by atoms with van der Waals surface area (Å²) < 4.78 is 26.8. The molecule has 4 N–H and O–H groups in total. The second-order valence-electron chi connectivity index (χ2n) is 6.81. The lowest BCUT2D eigenvalue weighted by Gasteiger charge is -2.15. The molecule has 7 nitrogen and oxygen atoms in total. The summed E-state index contributed by atoms with van der Waals surface area (Å²) in [5, 5.41) is 18.0. The van der Waals surface area contributed by atoms with Gasteiger partial charge < -0.3 is 15.7 Å². The largest absolute Gasteiger partial charge is 0.386 e. The van der Waals surface area contributed by atoms with E-state index in [0.717, 1.165) is 26.8 Å². The highest BCUT2D eigenvalue weighted by molar-refractivity contribution is 7.92. The second kappa shape index (κ2) is 9.92. The number of sulfonamides is 1. The summed E-state index contributed by atoms with van der Waals surface area (Å²) in [6.07, 6.45) is 0.457. The highest BCUT2D eigenvalue weighted by atomic mass is 32.2. The molecule has 1 heterocycles. The van der Waals surface area contributed by atoms with Crippen LogP contribution in [-0.2, 0) is 16.6 Å². The van der Waals surface area contributed by atoms with Crippen molar-refractivity contribution < 1.29 is 13.5 Å². The molecule has 0 amide bonds. The molecule has 0 aliphatic rings. The normalized spacial score (nSPS) is 13.2. The number of aliphatic hydroxyl groups is 1. The first-order chi connectivity index (χ1) is 14.4. The number of aliphatic hydroxyl groups excluding tert-OH is 1. The van der Waals surface area contributed by atoms with E-state index in [1.54, 1.807) is 23.5 Å². The summed E-state index contributed by atoms with van der Waals surface area (Å²) in [6, 6.07) is 17.2. The lowest BCUT2D eigenvalue weighted by Crippen LogP contribution is -2.39. The number of guanidine groups is 1. The van der Waals surface area contributed by atoms with Gasteiger partial charge in [-0.3, -0.25) is 4.72 Å². The third kappa shape index (κ3) is 6.19. The lowest BCUT2D eigenvalue weighted by atomic mass is 10.2. The van der Waals surface area contributed by atoms with Crippen LogP contribution in [0.5, 0.6) is 0 Å². The summed E-state index contributed by atoms with van der Waals surface area (Å²) in [6.45, 7) is 3.21. The molecule has 1 atom stereocenters. The van der Waals surface area contributed by atoms with Crippen LogP contribution in [0, 0.1) is 0 Å². The Kier molecular flexibility index (Phi) is 7.30. The van der Waals surface area contributed by atoms with Gasteiger partial charge in [0.15, 0.2) is 5.96 Å². The fourth-order valence-corrected chi connectivity index (χ4v) is 4.57. The Morgan fingerprint density at radius 2 is 1.87 bits per heavy atom. The van der Waals surface area contributed by atoms with Crippen molar-refractivity contribution in [3.05, 3.63) is 65.0 Å². The lowest BCUT2D eigenvalue weighted by molar-refractivity contribution is 0.184. The van der Waals surface area contributed by atoms with E-state index in [-0.39, 0.29) is 6.54 Å². The van der Waals surface area contributed by atoms with Gasteiger partial charge in [-0.1, -0.05) is 36.4 Å². The monoisotopic (exact) mass is 446 g/mol. The van der Waals surface area contributed by atoms with Gasteiger partial charge in [-0.05, 0) is 36.1 Å². The molecule has 0 saturated carbocycles. The molecule has 0 saturated heterocycles. The van der Waals surface area contributed by atoms with Gasteiger partial charge in [0.25, 0.3) is 0 Å². The Bertz CT molecular complexity index is 1090. The molecule has 1 aromatic heterocycles. The molecule has 0 bridgehead atoms. The molecule has 0 fully saturated rings. The third-order valence-electron chi connectivity index (χ3n) is 4.30. The maximum absolute atomic E-state index is 11.6. The minimum atomic E-state index is -3.37. The van der Waals surface area contributed by atoms with Gasteiger partial charge in [0.1, 0.15) is 6.10 Å². The van der Waals surface area contributed by atoms with Crippen molar-refractivity contribution in [2.75, 3.05) is 24.1 Å². The van der Waals surface area contributed by atoms with Gasteiger partial charge >= 0.3 is 0 Å². The number of aliphatic imine (C=N–C) groups is 1. The van der Waals surface area contributed by atoms with Crippen molar-refractivity contribution in [1.29, 1.82) is 0 Å². The maximum Gasteiger partial charge on any atom is 0.229 e. The number of hydrogen-bond donors (Lipinski definition) is 4. The first-order valence-corrected chi connectivity index (χ1v) is 12.3. The molecular weight excluding hydrogens is 420 g/mol. The fourth-order valence-electron chi connectivity index (χ4n) is 2.92. The van der Waals surface area contributed by atoms with Gasteiger partial charge in [0.05, 0.1) is 18.5 Å². The van der Waals surface area contributed by atoms with Crippen LogP contribution in [0.25, 0.3) is 10.1 Å². The first kappa shape index (κ1) is 22.1. The van der Waals surface area contributed by atoms with Crippen molar-refractivity contribution in [1.82, 2.24) is 10.6 Å². The molecule has 2 aromatic carbocycles. The van der Waals surface area contributed by atoms with Crippen LogP contribution < -0.4 is 15.4 Å². The van der Waals surface area contributed by atoms with E-state index in [4.69, 9.17) is 0 Å². The third-order valence-corrected chi connectivity index (χ3v) is 6.11. The van der Waals surface area contributed by atoms with Crippen molar-refractivity contribution in [3.8, 4) is 0 Å². The topological polar surface area (TPSA) is 103 Å². The molecule has 0 radical (unpaired) electrons.